The largest absolute Gasteiger partial charge is 0.508 e. The monoisotopic (exact) mass is 356 g/mol. The highest BCUT2D eigenvalue weighted by atomic mass is 16.3. The van der Waals surface area contributed by atoms with Gasteiger partial charge >= 0.3 is 0 Å². The molecule has 1 nitrogen and oxygen atoms in total. The van der Waals surface area contributed by atoms with Crippen LogP contribution in [0, 0.1) is 0 Å². The van der Waals surface area contributed by atoms with E-state index >= 15 is 0 Å². The van der Waals surface area contributed by atoms with Gasteiger partial charge in [-0.1, -0.05) is 86.0 Å². The van der Waals surface area contributed by atoms with E-state index in [1.54, 1.807) is 0 Å². The van der Waals surface area contributed by atoms with E-state index in [4.69, 9.17) is 0 Å². The van der Waals surface area contributed by atoms with E-state index in [9.17, 15) is 5.11 Å². The summed E-state index contributed by atoms with van der Waals surface area (Å²) in [6.45, 7) is 0. The Hall–Kier alpha value is -2.54. The van der Waals surface area contributed by atoms with Crippen LogP contribution in [0.5, 0.6) is 5.75 Å². The van der Waals surface area contributed by atoms with Gasteiger partial charge in [-0.05, 0) is 53.5 Å². The van der Waals surface area contributed by atoms with E-state index < -0.39 is 0 Å². The lowest BCUT2D eigenvalue weighted by Crippen LogP contribution is -2.07. The summed E-state index contributed by atoms with van der Waals surface area (Å²) in [6.07, 6.45) is 8.13. The third kappa shape index (κ3) is 4.42. The Bertz CT molecular complexity index is 861. The molecule has 0 saturated heterocycles. The smallest absolute Gasteiger partial charge is 0.119 e. The van der Waals surface area contributed by atoms with E-state index in [1.807, 2.05) is 12.1 Å². The molecule has 138 valence electrons. The van der Waals surface area contributed by atoms with Gasteiger partial charge in [-0.3, -0.25) is 0 Å². The van der Waals surface area contributed by atoms with Crippen molar-refractivity contribution in [1.82, 2.24) is 0 Å². The van der Waals surface area contributed by atoms with Crippen LogP contribution < -0.4 is 0 Å². The third-order valence-corrected chi connectivity index (χ3v) is 5.88. The SMILES string of the molecule is Oc1cc(C2CCCCC2)cc(Cc2ccccc2)c1Cc1ccccc1. The molecule has 1 aliphatic rings. The van der Waals surface area contributed by atoms with Crippen LogP contribution in [-0.2, 0) is 12.8 Å². The van der Waals surface area contributed by atoms with Crippen LogP contribution in [0.25, 0.3) is 0 Å². The lowest BCUT2D eigenvalue weighted by Gasteiger charge is -2.24. The number of hydrogen-bond acceptors (Lipinski definition) is 1. The quantitative estimate of drug-likeness (QED) is 0.544. The average Bonchev–Trinajstić information content (AvgIpc) is 2.72. The highest BCUT2D eigenvalue weighted by Crippen LogP contribution is 2.37. The predicted octanol–water partition coefficient (Wildman–Crippen LogP) is 6.62. The van der Waals surface area contributed by atoms with Crippen molar-refractivity contribution < 1.29 is 5.11 Å². The Morgan fingerprint density at radius 1 is 0.704 bits per heavy atom. The second-order valence-electron chi connectivity index (χ2n) is 7.84. The minimum atomic E-state index is 0.466. The second kappa shape index (κ2) is 8.43. The maximum atomic E-state index is 10.9. The Labute approximate surface area is 162 Å². The number of hydrogen-bond donors (Lipinski definition) is 1. The average molecular weight is 357 g/mol. The third-order valence-electron chi connectivity index (χ3n) is 5.88. The fourth-order valence-electron chi connectivity index (χ4n) is 4.39. The van der Waals surface area contributed by atoms with E-state index in [2.05, 4.69) is 60.7 Å². The Morgan fingerprint density at radius 3 is 1.93 bits per heavy atom. The first-order valence-electron chi connectivity index (χ1n) is 10.2. The van der Waals surface area contributed by atoms with Gasteiger partial charge in [0, 0.05) is 12.0 Å². The Balaban J connectivity index is 1.71. The zero-order chi connectivity index (χ0) is 18.5. The second-order valence-corrected chi connectivity index (χ2v) is 7.84. The zero-order valence-corrected chi connectivity index (χ0v) is 15.9. The fourth-order valence-corrected chi connectivity index (χ4v) is 4.39. The first kappa shape index (κ1) is 17.9. The van der Waals surface area contributed by atoms with Crippen LogP contribution >= 0.6 is 0 Å². The summed E-state index contributed by atoms with van der Waals surface area (Å²) in [5.74, 6) is 1.07. The van der Waals surface area contributed by atoms with Crippen molar-refractivity contribution in [3.05, 3.63) is 101 Å². The van der Waals surface area contributed by atoms with Gasteiger partial charge in [-0.15, -0.1) is 0 Å². The van der Waals surface area contributed by atoms with Gasteiger partial charge in [-0.2, -0.15) is 0 Å². The molecule has 0 aromatic heterocycles. The summed E-state index contributed by atoms with van der Waals surface area (Å²) >= 11 is 0. The molecule has 0 radical (unpaired) electrons. The van der Waals surface area contributed by atoms with Gasteiger partial charge in [-0.25, -0.2) is 0 Å². The van der Waals surface area contributed by atoms with Crippen LogP contribution in [0.2, 0.25) is 0 Å². The molecule has 1 fully saturated rings. The first-order valence-corrected chi connectivity index (χ1v) is 10.2. The molecule has 0 amide bonds. The number of phenols is 1. The zero-order valence-electron chi connectivity index (χ0n) is 15.9. The maximum absolute atomic E-state index is 10.9. The van der Waals surface area contributed by atoms with E-state index in [1.165, 1.54) is 54.4 Å². The van der Waals surface area contributed by atoms with Gasteiger partial charge in [0.1, 0.15) is 5.75 Å². The molecular formula is C26H28O. The van der Waals surface area contributed by atoms with Crippen LogP contribution in [0.4, 0.5) is 0 Å². The summed E-state index contributed by atoms with van der Waals surface area (Å²) in [5, 5.41) is 10.9. The lowest BCUT2D eigenvalue weighted by molar-refractivity contribution is 0.436. The number of benzene rings is 3. The molecule has 0 spiro atoms. The standard InChI is InChI=1S/C26H28O/c27-26-19-23(22-14-8-3-9-15-22)18-24(16-20-10-4-1-5-11-20)25(26)17-21-12-6-2-7-13-21/h1-2,4-7,10-13,18-19,22,27H,3,8-9,14-17H2. The highest BCUT2D eigenvalue weighted by molar-refractivity contribution is 5.48. The van der Waals surface area contributed by atoms with Crippen molar-refractivity contribution in [2.75, 3.05) is 0 Å². The molecule has 1 saturated carbocycles. The molecule has 0 heterocycles. The first-order chi connectivity index (χ1) is 13.3. The predicted molar refractivity (Wildman–Crippen MR) is 112 cm³/mol. The fraction of sp³-hybridized carbons (Fsp3) is 0.308. The topological polar surface area (TPSA) is 20.2 Å². The van der Waals surface area contributed by atoms with Crippen molar-refractivity contribution >= 4 is 0 Å². The van der Waals surface area contributed by atoms with Crippen molar-refractivity contribution in [3.63, 3.8) is 0 Å². The lowest BCUT2D eigenvalue weighted by atomic mass is 9.82. The highest BCUT2D eigenvalue weighted by Gasteiger charge is 2.19. The molecule has 0 unspecified atom stereocenters. The van der Waals surface area contributed by atoms with Gasteiger partial charge in [0.2, 0.25) is 0 Å². The van der Waals surface area contributed by atoms with Gasteiger partial charge in [0.15, 0.2) is 0 Å². The maximum Gasteiger partial charge on any atom is 0.119 e. The minimum absolute atomic E-state index is 0.466. The number of phenolic OH excluding ortho intramolecular Hbond substituents is 1. The molecule has 0 bridgehead atoms. The Morgan fingerprint density at radius 2 is 1.30 bits per heavy atom. The van der Waals surface area contributed by atoms with Gasteiger partial charge in [0.25, 0.3) is 0 Å². The Kier molecular flexibility index (Phi) is 5.58. The number of aromatic hydroxyl groups is 1. The molecule has 0 atom stereocenters. The van der Waals surface area contributed by atoms with Crippen molar-refractivity contribution in [3.8, 4) is 5.75 Å². The molecule has 1 N–H and O–H groups in total. The van der Waals surface area contributed by atoms with E-state index in [0.717, 1.165) is 18.4 Å². The molecule has 0 aliphatic heterocycles. The number of rotatable bonds is 5. The van der Waals surface area contributed by atoms with Gasteiger partial charge < -0.3 is 5.11 Å². The van der Waals surface area contributed by atoms with Crippen molar-refractivity contribution in [2.45, 2.75) is 50.9 Å². The van der Waals surface area contributed by atoms with Crippen LogP contribution in [-0.4, -0.2) is 5.11 Å². The van der Waals surface area contributed by atoms with Crippen molar-refractivity contribution in [1.29, 1.82) is 0 Å². The molecule has 1 aliphatic carbocycles. The van der Waals surface area contributed by atoms with Crippen molar-refractivity contribution in [2.24, 2.45) is 0 Å². The normalized spacial score (nSPS) is 15.0. The summed E-state index contributed by atoms with van der Waals surface area (Å²) in [5.41, 5.74) is 6.21. The molecule has 27 heavy (non-hydrogen) atoms. The van der Waals surface area contributed by atoms with E-state index in [-0.39, 0.29) is 0 Å². The molecule has 3 aromatic carbocycles. The molecule has 3 aromatic rings. The van der Waals surface area contributed by atoms with Crippen LogP contribution in [0.3, 0.4) is 0 Å². The summed E-state index contributed by atoms with van der Waals surface area (Å²) in [4.78, 5) is 0. The van der Waals surface area contributed by atoms with E-state index in [0.29, 0.717) is 11.7 Å². The molecule has 4 rings (SSSR count). The van der Waals surface area contributed by atoms with Crippen LogP contribution in [0.15, 0.2) is 72.8 Å². The minimum Gasteiger partial charge on any atom is -0.508 e. The van der Waals surface area contributed by atoms with Crippen LogP contribution in [0.1, 0.15) is 65.8 Å². The summed E-state index contributed by atoms with van der Waals surface area (Å²) in [6, 6.07) is 25.5. The van der Waals surface area contributed by atoms with Gasteiger partial charge in [0.05, 0.1) is 0 Å². The summed E-state index contributed by atoms with van der Waals surface area (Å²) in [7, 11) is 0. The molecule has 1 heteroatoms. The summed E-state index contributed by atoms with van der Waals surface area (Å²) < 4.78 is 0. The molecular weight excluding hydrogens is 328 g/mol.